The first-order valence-electron chi connectivity index (χ1n) is 6.35. The van der Waals surface area contributed by atoms with Gasteiger partial charge in [0.25, 0.3) is 5.56 Å². The lowest BCUT2D eigenvalue weighted by Gasteiger charge is -2.08. The Kier molecular flexibility index (Phi) is 6.06. The highest BCUT2D eigenvalue weighted by atomic mass is 19.1. The summed E-state index contributed by atoms with van der Waals surface area (Å²) in [7, 11) is 0. The standard InChI is InChI=1S/C13H11F2NO2.C2H6/c14-11-6-10(8-17)12(15)5-9(11)7-16-4-2-1-3-13(16)18;1-2/h1-6,17H,7-8H2;1-2H3. The number of hydrogen-bond donors (Lipinski definition) is 1. The second-order valence-electron chi connectivity index (χ2n) is 3.86. The highest BCUT2D eigenvalue weighted by Gasteiger charge is 2.10. The van der Waals surface area contributed by atoms with E-state index in [1.807, 2.05) is 13.8 Å². The van der Waals surface area contributed by atoms with E-state index in [0.29, 0.717) is 0 Å². The largest absolute Gasteiger partial charge is 0.392 e. The van der Waals surface area contributed by atoms with Crippen LogP contribution in [-0.2, 0) is 13.2 Å². The molecule has 0 radical (unpaired) electrons. The molecule has 2 aromatic rings. The summed E-state index contributed by atoms with van der Waals surface area (Å²) in [6.07, 6.45) is 1.50. The Morgan fingerprint density at radius 1 is 1.10 bits per heavy atom. The number of pyridine rings is 1. The summed E-state index contributed by atoms with van der Waals surface area (Å²) >= 11 is 0. The summed E-state index contributed by atoms with van der Waals surface area (Å²) < 4.78 is 28.3. The van der Waals surface area contributed by atoms with E-state index in [0.717, 1.165) is 12.1 Å². The fourth-order valence-electron chi connectivity index (χ4n) is 1.65. The molecule has 1 aromatic heterocycles. The van der Waals surface area contributed by atoms with Crippen molar-refractivity contribution in [2.75, 3.05) is 0 Å². The van der Waals surface area contributed by atoms with Gasteiger partial charge in [0.1, 0.15) is 11.6 Å². The third-order valence-electron chi connectivity index (χ3n) is 2.63. The Bertz CT molecular complexity index is 624. The Labute approximate surface area is 116 Å². The minimum Gasteiger partial charge on any atom is -0.392 e. The van der Waals surface area contributed by atoms with Gasteiger partial charge in [-0.1, -0.05) is 19.9 Å². The van der Waals surface area contributed by atoms with Crippen LogP contribution in [0.25, 0.3) is 0 Å². The van der Waals surface area contributed by atoms with E-state index in [1.54, 1.807) is 12.1 Å². The zero-order valence-corrected chi connectivity index (χ0v) is 11.4. The van der Waals surface area contributed by atoms with Crippen LogP contribution in [0.3, 0.4) is 0 Å². The number of halogens is 2. The van der Waals surface area contributed by atoms with Gasteiger partial charge in [0.05, 0.1) is 13.2 Å². The Morgan fingerprint density at radius 2 is 1.70 bits per heavy atom. The predicted molar refractivity (Wildman–Crippen MR) is 73.4 cm³/mol. The minimum absolute atomic E-state index is 0.0475. The van der Waals surface area contributed by atoms with Gasteiger partial charge in [-0.05, 0) is 18.2 Å². The summed E-state index contributed by atoms with van der Waals surface area (Å²) in [6.45, 7) is 3.39. The van der Waals surface area contributed by atoms with Crippen LogP contribution in [0, 0.1) is 11.6 Å². The molecule has 0 spiro atoms. The maximum atomic E-state index is 13.6. The quantitative estimate of drug-likeness (QED) is 0.940. The molecule has 0 atom stereocenters. The smallest absolute Gasteiger partial charge is 0.250 e. The molecule has 1 heterocycles. The first-order chi connectivity index (χ1) is 9.61. The number of hydrogen-bond acceptors (Lipinski definition) is 2. The fraction of sp³-hybridized carbons (Fsp3) is 0.267. The maximum Gasteiger partial charge on any atom is 0.250 e. The van der Waals surface area contributed by atoms with E-state index in [4.69, 9.17) is 5.11 Å². The molecule has 108 valence electrons. The number of benzene rings is 1. The molecule has 0 unspecified atom stereocenters. The van der Waals surface area contributed by atoms with Crippen LogP contribution in [0.5, 0.6) is 0 Å². The molecule has 1 N–H and O–H groups in total. The van der Waals surface area contributed by atoms with Crippen molar-refractivity contribution in [3.05, 3.63) is 69.6 Å². The van der Waals surface area contributed by atoms with Crippen LogP contribution in [0.4, 0.5) is 8.78 Å². The lowest BCUT2D eigenvalue weighted by molar-refractivity contribution is 0.275. The van der Waals surface area contributed by atoms with E-state index in [-0.39, 0.29) is 23.2 Å². The Morgan fingerprint density at radius 3 is 2.30 bits per heavy atom. The number of rotatable bonds is 3. The van der Waals surface area contributed by atoms with Crippen molar-refractivity contribution in [1.29, 1.82) is 0 Å². The normalized spacial score (nSPS) is 9.85. The molecule has 0 aliphatic heterocycles. The monoisotopic (exact) mass is 281 g/mol. The fourth-order valence-corrected chi connectivity index (χ4v) is 1.65. The average molecular weight is 281 g/mol. The van der Waals surface area contributed by atoms with E-state index < -0.39 is 18.2 Å². The predicted octanol–water partition coefficient (Wildman–Crippen LogP) is 2.69. The van der Waals surface area contributed by atoms with E-state index in [1.165, 1.54) is 16.8 Å². The molecule has 20 heavy (non-hydrogen) atoms. The topological polar surface area (TPSA) is 42.2 Å². The van der Waals surface area contributed by atoms with Crippen LogP contribution in [0.1, 0.15) is 25.0 Å². The van der Waals surface area contributed by atoms with Crippen molar-refractivity contribution in [2.24, 2.45) is 0 Å². The highest BCUT2D eigenvalue weighted by Crippen LogP contribution is 2.15. The number of aliphatic hydroxyl groups excluding tert-OH is 1. The molecule has 0 aliphatic carbocycles. The molecule has 2 rings (SSSR count). The minimum atomic E-state index is -0.683. The van der Waals surface area contributed by atoms with Crippen molar-refractivity contribution in [2.45, 2.75) is 27.0 Å². The Balaban J connectivity index is 0.000000956. The lowest BCUT2D eigenvalue weighted by Crippen LogP contribution is -2.19. The Hall–Kier alpha value is -2.01. The molecule has 3 nitrogen and oxygen atoms in total. The van der Waals surface area contributed by atoms with Gasteiger partial charge in [-0.15, -0.1) is 0 Å². The first-order valence-corrected chi connectivity index (χ1v) is 6.35. The van der Waals surface area contributed by atoms with Crippen LogP contribution in [-0.4, -0.2) is 9.67 Å². The summed E-state index contributed by atoms with van der Waals surface area (Å²) in [6, 6.07) is 6.50. The molecule has 0 saturated carbocycles. The SMILES string of the molecule is CC.O=c1ccccn1Cc1cc(F)c(CO)cc1F. The van der Waals surface area contributed by atoms with Crippen LogP contribution < -0.4 is 5.56 Å². The zero-order chi connectivity index (χ0) is 15.1. The van der Waals surface area contributed by atoms with Gasteiger partial charge >= 0.3 is 0 Å². The van der Waals surface area contributed by atoms with Crippen molar-refractivity contribution < 1.29 is 13.9 Å². The molecular weight excluding hydrogens is 264 g/mol. The number of aliphatic hydroxyl groups is 1. The molecule has 0 bridgehead atoms. The van der Waals surface area contributed by atoms with Gasteiger partial charge in [0, 0.05) is 23.4 Å². The van der Waals surface area contributed by atoms with E-state index in [2.05, 4.69) is 0 Å². The molecule has 1 aromatic carbocycles. The van der Waals surface area contributed by atoms with Crippen LogP contribution >= 0.6 is 0 Å². The summed E-state index contributed by atoms with van der Waals surface area (Å²) in [4.78, 5) is 11.4. The molecule has 0 aliphatic rings. The zero-order valence-electron chi connectivity index (χ0n) is 11.4. The summed E-state index contributed by atoms with van der Waals surface area (Å²) in [5.74, 6) is -1.32. The van der Waals surface area contributed by atoms with Crippen LogP contribution in [0.15, 0.2) is 41.3 Å². The molecule has 0 saturated heterocycles. The van der Waals surface area contributed by atoms with E-state index >= 15 is 0 Å². The molecule has 5 heteroatoms. The summed E-state index contributed by atoms with van der Waals surface area (Å²) in [5.41, 5.74) is -0.321. The maximum absolute atomic E-state index is 13.6. The summed E-state index contributed by atoms with van der Waals surface area (Å²) in [5, 5.41) is 8.81. The second-order valence-corrected chi connectivity index (χ2v) is 3.86. The highest BCUT2D eigenvalue weighted by molar-refractivity contribution is 5.26. The molecule has 0 fully saturated rings. The van der Waals surface area contributed by atoms with Gasteiger partial charge in [0.15, 0.2) is 0 Å². The molecule has 0 amide bonds. The second kappa shape index (κ2) is 7.55. The average Bonchev–Trinajstić information content (AvgIpc) is 2.47. The van der Waals surface area contributed by atoms with Gasteiger partial charge in [0.2, 0.25) is 0 Å². The number of aromatic nitrogens is 1. The molecular formula is C15H17F2NO2. The third kappa shape index (κ3) is 3.74. The van der Waals surface area contributed by atoms with Gasteiger partial charge in [-0.25, -0.2) is 8.78 Å². The lowest BCUT2D eigenvalue weighted by atomic mass is 10.1. The van der Waals surface area contributed by atoms with Gasteiger partial charge < -0.3 is 9.67 Å². The van der Waals surface area contributed by atoms with Crippen molar-refractivity contribution in [1.82, 2.24) is 4.57 Å². The number of nitrogens with zero attached hydrogens (tertiary/aromatic N) is 1. The van der Waals surface area contributed by atoms with Crippen molar-refractivity contribution >= 4 is 0 Å². The third-order valence-corrected chi connectivity index (χ3v) is 2.63. The van der Waals surface area contributed by atoms with E-state index in [9.17, 15) is 13.6 Å². The first kappa shape index (κ1) is 16.0. The van der Waals surface area contributed by atoms with Crippen LogP contribution in [0.2, 0.25) is 0 Å². The van der Waals surface area contributed by atoms with Gasteiger partial charge in [-0.3, -0.25) is 4.79 Å². The van der Waals surface area contributed by atoms with Crippen molar-refractivity contribution in [3.8, 4) is 0 Å². The van der Waals surface area contributed by atoms with Gasteiger partial charge in [-0.2, -0.15) is 0 Å². The van der Waals surface area contributed by atoms with Crippen molar-refractivity contribution in [3.63, 3.8) is 0 Å².